The average molecular weight is 397 g/mol. The number of nitrogens with zero attached hydrogens (tertiary/aromatic N) is 3. The van der Waals surface area contributed by atoms with Gasteiger partial charge in [0.1, 0.15) is 5.75 Å². The summed E-state index contributed by atoms with van der Waals surface area (Å²) >= 11 is 1.43. The standard InChI is InChI=1S/C21H24N4O2S/c1-27-19-8-4-3-7-18(19)25-13-11-24(12-14-25)16-21(26)23-17-6-2-5-9-20(17)28-15-10-22/h2-9H,11-16H2,1H3,(H,23,26). The van der Waals surface area contributed by atoms with E-state index in [-0.39, 0.29) is 5.91 Å². The molecule has 146 valence electrons. The Balaban J connectivity index is 1.52. The topological polar surface area (TPSA) is 68.6 Å². The summed E-state index contributed by atoms with van der Waals surface area (Å²) < 4.78 is 5.45. The van der Waals surface area contributed by atoms with Crippen molar-refractivity contribution in [2.75, 3.05) is 55.8 Å². The van der Waals surface area contributed by atoms with Crippen LogP contribution in [0.3, 0.4) is 0 Å². The van der Waals surface area contributed by atoms with Crippen LogP contribution >= 0.6 is 11.8 Å². The SMILES string of the molecule is COc1ccccc1N1CCN(CC(=O)Nc2ccccc2SCC#N)CC1. The van der Waals surface area contributed by atoms with Crippen molar-refractivity contribution in [3.05, 3.63) is 48.5 Å². The number of nitrogens with one attached hydrogen (secondary N) is 1. The Morgan fingerprint density at radius 1 is 1.14 bits per heavy atom. The van der Waals surface area contributed by atoms with Gasteiger partial charge < -0.3 is 15.0 Å². The van der Waals surface area contributed by atoms with Crippen molar-refractivity contribution in [3.8, 4) is 11.8 Å². The van der Waals surface area contributed by atoms with Gasteiger partial charge in [0.25, 0.3) is 0 Å². The maximum absolute atomic E-state index is 12.5. The molecule has 0 spiro atoms. The number of benzene rings is 2. The van der Waals surface area contributed by atoms with E-state index < -0.39 is 0 Å². The van der Waals surface area contributed by atoms with Gasteiger partial charge in [0.2, 0.25) is 5.91 Å². The smallest absolute Gasteiger partial charge is 0.238 e. The summed E-state index contributed by atoms with van der Waals surface area (Å²) in [6.45, 7) is 3.69. The molecule has 1 N–H and O–H groups in total. The minimum atomic E-state index is -0.0317. The maximum atomic E-state index is 12.5. The fraction of sp³-hybridized carbons (Fsp3) is 0.333. The molecular formula is C21H24N4O2S. The lowest BCUT2D eigenvalue weighted by Gasteiger charge is -2.36. The van der Waals surface area contributed by atoms with Crippen LogP contribution in [0.2, 0.25) is 0 Å². The van der Waals surface area contributed by atoms with E-state index in [0.717, 1.165) is 48.2 Å². The number of anilines is 2. The number of methoxy groups -OCH3 is 1. The number of hydrogen-bond donors (Lipinski definition) is 1. The molecule has 1 amide bonds. The first-order valence-electron chi connectivity index (χ1n) is 9.20. The summed E-state index contributed by atoms with van der Waals surface area (Å²) in [5, 5.41) is 11.8. The molecule has 7 heteroatoms. The van der Waals surface area contributed by atoms with Gasteiger partial charge >= 0.3 is 0 Å². The second kappa shape index (κ2) is 10.0. The number of carbonyl (C=O) groups excluding carboxylic acids is 1. The lowest BCUT2D eigenvalue weighted by Crippen LogP contribution is -2.48. The summed E-state index contributed by atoms with van der Waals surface area (Å²) in [6.07, 6.45) is 0. The first-order chi connectivity index (χ1) is 13.7. The second-order valence-corrected chi connectivity index (χ2v) is 7.44. The van der Waals surface area contributed by atoms with Gasteiger partial charge in [-0.2, -0.15) is 5.26 Å². The summed E-state index contributed by atoms with van der Waals surface area (Å²) in [6, 6.07) is 17.7. The monoisotopic (exact) mass is 396 g/mol. The molecule has 0 aromatic heterocycles. The van der Waals surface area contributed by atoms with Crippen LogP contribution in [0.1, 0.15) is 0 Å². The molecule has 3 rings (SSSR count). The zero-order chi connectivity index (χ0) is 19.8. The van der Waals surface area contributed by atoms with Gasteiger partial charge in [-0.05, 0) is 24.3 Å². The number of nitriles is 1. The van der Waals surface area contributed by atoms with Crippen molar-refractivity contribution in [1.82, 2.24) is 4.90 Å². The molecule has 1 fully saturated rings. The second-order valence-electron chi connectivity index (χ2n) is 6.43. The van der Waals surface area contributed by atoms with E-state index in [1.54, 1.807) is 7.11 Å². The van der Waals surface area contributed by atoms with Gasteiger partial charge in [-0.3, -0.25) is 9.69 Å². The Labute approximate surface area is 170 Å². The van der Waals surface area contributed by atoms with E-state index in [2.05, 4.69) is 27.3 Å². The molecule has 1 heterocycles. The molecule has 0 radical (unpaired) electrons. The number of carbonyl (C=O) groups is 1. The molecule has 1 aliphatic heterocycles. The predicted molar refractivity (Wildman–Crippen MR) is 113 cm³/mol. The summed E-state index contributed by atoms with van der Waals surface area (Å²) in [4.78, 5) is 17.9. The molecule has 0 aliphatic carbocycles. The van der Waals surface area contributed by atoms with Gasteiger partial charge in [0.15, 0.2) is 0 Å². The number of para-hydroxylation sites is 3. The average Bonchev–Trinajstić information content (AvgIpc) is 2.73. The van der Waals surface area contributed by atoms with Crippen molar-refractivity contribution in [2.45, 2.75) is 4.90 Å². The Morgan fingerprint density at radius 2 is 1.86 bits per heavy atom. The quantitative estimate of drug-likeness (QED) is 0.726. The van der Waals surface area contributed by atoms with Crippen molar-refractivity contribution in [1.29, 1.82) is 5.26 Å². The molecule has 6 nitrogen and oxygen atoms in total. The van der Waals surface area contributed by atoms with Crippen LogP contribution in [0.25, 0.3) is 0 Å². The van der Waals surface area contributed by atoms with E-state index in [4.69, 9.17) is 10.00 Å². The Morgan fingerprint density at radius 3 is 2.61 bits per heavy atom. The molecule has 0 atom stereocenters. The first kappa shape index (κ1) is 20.1. The van der Waals surface area contributed by atoms with Crippen molar-refractivity contribution < 1.29 is 9.53 Å². The number of thioether (sulfide) groups is 1. The Kier molecular flexibility index (Phi) is 7.18. The van der Waals surface area contributed by atoms with Gasteiger partial charge in [-0.1, -0.05) is 24.3 Å². The van der Waals surface area contributed by atoms with Gasteiger partial charge in [-0.15, -0.1) is 11.8 Å². The fourth-order valence-corrected chi connectivity index (χ4v) is 3.91. The van der Waals surface area contributed by atoms with Crippen LogP contribution < -0.4 is 15.0 Å². The number of piperazine rings is 1. The highest BCUT2D eigenvalue weighted by Crippen LogP contribution is 2.29. The fourth-order valence-electron chi connectivity index (χ4n) is 3.24. The molecule has 0 saturated carbocycles. The Hall–Kier alpha value is -2.69. The molecule has 2 aromatic rings. The molecule has 1 aliphatic rings. The normalized spacial score (nSPS) is 14.4. The molecule has 0 unspecified atom stereocenters. The lowest BCUT2D eigenvalue weighted by molar-refractivity contribution is -0.117. The number of ether oxygens (including phenoxy) is 1. The highest BCUT2D eigenvalue weighted by molar-refractivity contribution is 7.99. The minimum absolute atomic E-state index is 0.0317. The van der Waals surface area contributed by atoms with E-state index in [1.807, 2.05) is 42.5 Å². The van der Waals surface area contributed by atoms with Crippen LogP contribution in [-0.4, -0.2) is 56.4 Å². The van der Waals surface area contributed by atoms with Crippen LogP contribution in [0.4, 0.5) is 11.4 Å². The van der Waals surface area contributed by atoms with Crippen LogP contribution in [0.15, 0.2) is 53.4 Å². The van der Waals surface area contributed by atoms with Crippen molar-refractivity contribution in [2.24, 2.45) is 0 Å². The van der Waals surface area contributed by atoms with Crippen LogP contribution in [0.5, 0.6) is 5.75 Å². The molecular weight excluding hydrogens is 372 g/mol. The number of rotatable bonds is 7. The number of hydrogen-bond acceptors (Lipinski definition) is 6. The number of amides is 1. The zero-order valence-corrected chi connectivity index (χ0v) is 16.7. The molecule has 0 bridgehead atoms. The van der Waals surface area contributed by atoms with E-state index >= 15 is 0 Å². The van der Waals surface area contributed by atoms with Crippen LogP contribution in [-0.2, 0) is 4.79 Å². The highest BCUT2D eigenvalue weighted by Gasteiger charge is 2.21. The molecule has 28 heavy (non-hydrogen) atoms. The third-order valence-electron chi connectivity index (χ3n) is 4.62. The lowest BCUT2D eigenvalue weighted by atomic mass is 10.2. The van der Waals surface area contributed by atoms with Gasteiger partial charge in [0, 0.05) is 31.1 Å². The predicted octanol–water partition coefficient (Wildman–Crippen LogP) is 3.07. The van der Waals surface area contributed by atoms with Crippen molar-refractivity contribution in [3.63, 3.8) is 0 Å². The van der Waals surface area contributed by atoms with E-state index in [1.165, 1.54) is 11.8 Å². The van der Waals surface area contributed by atoms with Crippen LogP contribution in [0, 0.1) is 11.3 Å². The van der Waals surface area contributed by atoms with E-state index in [0.29, 0.717) is 12.3 Å². The third-order valence-corrected chi connectivity index (χ3v) is 5.56. The van der Waals surface area contributed by atoms with Gasteiger partial charge in [-0.25, -0.2) is 0 Å². The largest absolute Gasteiger partial charge is 0.495 e. The summed E-state index contributed by atoms with van der Waals surface area (Å²) in [5.41, 5.74) is 1.86. The highest BCUT2D eigenvalue weighted by atomic mass is 32.2. The summed E-state index contributed by atoms with van der Waals surface area (Å²) in [5.74, 6) is 1.20. The van der Waals surface area contributed by atoms with E-state index in [9.17, 15) is 4.79 Å². The molecule has 1 saturated heterocycles. The summed E-state index contributed by atoms with van der Waals surface area (Å²) in [7, 11) is 1.69. The Bertz CT molecular complexity index is 844. The zero-order valence-electron chi connectivity index (χ0n) is 15.9. The first-order valence-corrected chi connectivity index (χ1v) is 10.2. The van der Waals surface area contributed by atoms with Crippen molar-refractivity contribution >= 4 is 29.0 Å². The maximum Gasteiger partial charge on any atom is 0.238 e. The molecule has 2 aromatic carbocycles. The van der Waals surface area contributed by atoms with Gasteiger partial charge in [0.05, 0.1) is 36.9 Å². The third kappa shape index (κ3) is 5.18. The minimum Gasteiger partial charge on any atom is -0.495 e.